The fourth-order valence-corrected chi connectivity index (χ4v) is 5.91. The molecule has 2 N–H and O–H groups in total. The van der Waals surface area contributed by atoms with Gasteiger partial charge in [-0.3, -0.25) is 0 Å². The topological polar surface area (TPSA) is 64.7 Å². The Morgan fingerprint density at radius 1 is 0.833 bits per heavy atom. The van der Waals surface area contributed by atoms with Gasteiger partial charge in [-0.15, -0.1) is 0 Å². The van der Waals surface area contributed by atoms with Gasteiger partial charge < -0.3 is 15.1 Å². The van der Waals surface area contributed by atoms with Crippen molar-refractivity contribution in [1.29, 1.82) is 0 Å². The van der Waals surface area contributed by atoms with Gasteiger partial charge in [0.15, 0.2) is 0 Å². The third kappa shape index (κ3) is 5.93. The Balaban J connectivity index is 1.36. The second-order valence-electron chi connectivity index (χ2n) is 8.95. The van der Waals surface area contributed by atoms with E-state index in [0.29, 0.717) is 18.0 Å². The molecular weight excluding hydrogens is 492 g/mol. The van der Waals surface area contributed by atoms with Gasteiger partial charge in [0.2, 0.25) is 10.0 Å². The van der Waals surface area contributed by atoms with Gasteiger partial charge in [-0.1, -0.05) is 61.0 Å². The fraction of sp³-hybridized carbons (Fsp3) is 0.286. The first-order valence-corrected chi connectivity index (χ1v) is 14.0. The average Bonchev–Trinajstić information content (AvgIpc) is 2.86. The van der Waals surface area contributed by atoms with Gasteiger partial charge >= 0.3 is 0 Å². The van der Waals surface area contributed by atoms with Crippen LogP contribution in [0.25, 0.3) is 21.5 Å². The number of hydrogen-bond acceptors (Lipinski definition) is 5. The van der Waals surface area contributed by atoms with Crippen LogP contribution in [0.2, 0.25) is 5.02 Å². The standard InChI is InChI=1S/C28H33ClN4O2S/c1-4-33(18-16-30-26-11-5-8-21-20-22(29)14-15-23(21)26)19-17-31-36(34,35)28-13-7-9-24-25(28)10-6-12-27(24)32(2)3/h5-15,20,30-31H,4,16-19H2,1-3H3. The van der Waals surface area contributed by atoms with Crippen LogP contribution in [0.5, 0.6) is 0 Å². The molecule has 0 saturated heterocycles. The largest absolute Gasteiger partial charge is 0.383 e. The minimum atomic E-state index is -3.65. The highest BCUT2D eigenvalue weighted by Gasteiger charge is 2.18. The van der Waals surface area contributed by atoms with E-state index >= 15 is 0 Å². The zero-order valence-corrected chi connectivity index (χ0v) is 22.5. The monoisotopic (exact) mass is 524 g/mol. The van der Waals surface area contributed by atoms with Crippen molar-refractivity contribution in [1.82, 2.24) is 9.62 Å². The van der Waals surface area contributed by atoms with Crippen LogP contribution in [-0.2, 0) is 10.0 Å². The fourth-order valence-electron chi connectivity index (χ4n) is 4.49. The van der Waals surface area contributed by atoms with Crippen molar-refractivity contribution >= 4 is 54.5 Å². The lowest BCUT2D eigenvalue weighted by atomic mass is 10.1. The molecule has 0 aliphatic heterocycles. The number of anilines is 2. The highest BCUT2D eigenvalue weighted by molar-refractivity contribution is 7.89. The number of nitrogens with zero attached hydrogens (tertiary/aromatic N) is 2. The zero-order chi connectivity index (χ0) is 25.7. The van der Waals surface area contributed by atoms with Crippen molar-refractivity contribution in [3.8, 4) is 0 Å². The Morgan fingerprint density at radius 2 is 1.56 bits per heavy atom. The van der Waals surface area contributed by atoms with Gasteiger partial charge in [0.1, 0.15) is 0 Å². The first-order valence-electron chi connectivity index (χ1n) is 12.1. The van der Waals surface area contributed by atoms with E-state index in [1.54, 1.807) is 12.1 Å². The van der Waals surface area contributed by atoms with E-state index in [0.717, 1.165) is 57.6 Å². The van der Waals surface area contributed by atoms with Crippen LogP contribution in [-0.4, -0.2) is 60.1 Å². The number of likely N-dealkylation sites (N-methyl/N-ethyl adjacent to an activating group) is 1. The molecule has 190 valence electrons. The van der Waals surface area contributed by atoms with E-state index in [1.807, 2.05) is 73.6 Å². The quantitative estimate of drug-likeness (QED) is 0.274. The minimum absolute atomic E-state index is 0.310. The Labute approximate surface area is 218 Å². The molecule has 6 nitrogen and oxygen atoms in total. The predicted molar refractivity (Wildman–Crippen MR) is 153 cm³/mol. The van der Waals surface area contributed by atoms with E-state index in [1.165, 1.54) is 0 Å². The number of fused-ring (bicyclic) bond motifs is 2. The third-order valence-electron chi connectivity index (χ3n) is 6.38. The lowest BCUT2D eigenvalue weighted by Crippen LogP contribution is -2.37. The number of halogens is 1. The van der Waals surface area contributed by atoms with Gasteiger partial charge in [0.05, 0.1) is 4.90 Å². The maximum absolute atomic E-state index is 13.2. The van der Waals surface area contributed by atoms with Gasteiger partial charge in [0.25, 0.3) is 0 Å². The van der Waals surface area contributed by atoms with Gasteiger partial charge in [0, 0.05) is 72.8 Å². The maximum Gasteiger partial charge on any atom is 0.241 e. The molecular formula is C28H33ClN4O2S. The molecule has 0 aliphatic carbocycles. The highest BCUT2D eigenvalue weighted by atomic mass is 35.5. The van der Waals surface area contributed by atoms with Gasteiger partial charge in [-0.25, -0.2) is 13.1 Å². The molecule has 4 aromatic rings. The maximum atomic E-state index is 13.2. The Hall–Kier alpha value is -2.84. The molecule has 0 amide bonds. The molecule has 4 rings (SSSR count). The van der Waals surface area contributed by atoms with Crippen LogP contribution in [0, 0.1) is 0 Å². The summed E-state index contributed by atoms with van der Waals surface area (Å²) in [6.45, 7) is 5.42. The molecule has 0 aromatic heterocycles. The summed E-state index contributed by atoms with van der Waals surface area (Å²) in [6.07, 6.45) is 0. The molecule has 8 heteroatoms. The van der Waals surface area contributed by atoms with Crippen molar-refractivity contribution in [2.45, 2.75) is 11.8 Å². The van der Waals surface area contributed by atoms with Crippen molar-refractivity contribution in [3.63, 3.8) is 0 Å². The second kappa shape index (κ2) is 11.5. The lowest BCUT2D eigenvalue weighted by Gasteiger charge is -2.22. The molecule has 0 saturated carbocycles. The summed E-state index contributed by atoms with van der Waals surface area (Å²) in [5, 5.41) is 8.11. The number of benzene rings is 4. The van der Waals surface area contributed by atoms with Crippen LogP contribution in [0.1, 0.15) is 6.92 Å². The van der Waals surface area contributed by atoms with Gasteiger partial charge in [-0.05, 0) is 42.3 Å². The molecule has 0 aliphatic rings. The van der Waals surface area contributed by atoms with Crippen molar-refractivity contribution < 1.29 is 8.42 Å². The number of nitrogens with one attached hydrogen (secondary N) is 2. The Kier molecular flexibility index (Phi) is 8.36. The number of hydrogen-bond donors (Lipinski definition) is 2. The summed E-state index contributed by atoms with van der Waals surface area (Å²) in [5.41, 5.74) is 2.05. The molecule has 0 fully saturated rings. The Morgan fingerprint density at radius 3 is 2.33 bits per heavy atom. The van der Waals surface area contributed by atoms with Crippen LogP contribution < -0.4 is 14.9 Å². The number of sulfonamides is 1. The lowest BCUT2D eigenvalue weighted by molar-refractivity contribution is 0.304. The third-order valence-corrected chi connectivity index (χ3v) is 8.14. The molecule has 36 heavy (non-hydrogen) atoms. The van der Waals surface area contributed by atoms with Crippen LogP contribution in [0.15, 0.2) is 77.7 Å². The molecule has 0 atom stereocenters. The zero-order valence-electron chi connectivity index (χ0n) is 21.0. The molecule has 0 unspecified atom stereocenters. The molecule has 4 aromatic carbocycles. The predicted octanol–water partition coefficient (Wildman–Crippen LogP) is 5.42. The normalized spacial score (nSPS) is 11.9. The van der Waals surface area contributed by atoms with Crippen molar-refractivity contribution in [2.75, 3.05) is 57.0 Å². The molecule has 0 spiro atoms. The summed E-state index contributed by atoms with van der Waals surface area (Å²) in [6, 6.07) is 23.2. The summed E-state index contributed by atoms with van der Waals surface area (Å²) >= 11 is 6.13. The first-order chi connectivity index (χ1) is 17.3. The van der Waals surface area contributed by atoms with Gasteiger partial charge in [-0.2, -0.15) is 0 Å². The van der Waals surface area contributed by atoms with E-state index < -0.39 is 10.0 Å². The summed E-state index contributed by atoms with van der Waals surface area (Å²) in [7, 11) is 0.267. The first kappa shape index (κ1) is 26.2. The van der Waals surface area contributed by atoms with Crippen LogP contribution in [0.4, 0.5) is 11.4 Å². The van der Waals surface area contributed by atoms with Crippen molar-refractivity contribution in [3.05, 3.63) is 77.8 Å². The average molecular weight is 525 g/mol. The SMILES string of the molecule is CCN(CCNc1cccc2cc(Cl)ccc12)CCNS(=O)(=O)c1cccc2c(N(C)C)cccc12. The van der Waals surface area contributed by atoms with Crippen LogP contribution in [0.3, 0.4) is 0 Å². The van der Waals surface area contributed by atoms with E-state index in [4.69, 9.17) is 11.6 Å². The molecule has 0 heterocycles. The van der Waals surface area contributed by atoms with E-state index in [9.17, 15) is 8.42 Å². The van der Waals surface area contributed by atoms with E-state index in [-0.39, 0.29) is 0 Å². The highest BCUT2D eigenvalue weighted by Crippen LogP contribution is 2.30. The van der Waals surface area contributed by atoms with Crippen LogP contribution >= 0.6 is 11.6 Å². The summed E-state index contributed by atoms with van der Waals surface area (Å²) in [5.74, 6) is 0. The summed E-state index contributed by atoms with van der Waals surface area (Å²) in [4.78, 5) is 4.53. The smallest absolute Gasteiger partial charge is 0.241 e. The second-order valence-corrected chi connectivity index (χ2v) is 11.1. The van der Waals surface area contributed by atoms with Crippen molar-refractivity contribution in [2.24, 2.45) is 0 Å². The number of rotatable bonds is 11. The minimum Gasteiger partial charge on any atom is -0.383 e. The Bertz CT molecular complexity index is 1460. The molecule has 0 bridgehead atoms. The summed E-state index contributed by atoms with van der Waals surface area (Å²) < 4.78 is 29.2. The van der Waals surface area contributed by atoms with E-state index in [2.05, 4.69) is 27.9 Å². The molecule has 0 radical (unpaired) electrons.